The highest BCUT2D eigenvalue weighted by atomic mass is 79.9. The molecule has 4 rings (SSSR count). The number of hydrogen-bond donors (Lipinski definition) is 1. The maximum absolute atomic E-state index is 12.8. The Morgan fingerprint density at radius 3 is 2.23 bits per heavy atom. The molecule has 3 amide bonds. The minimum atomic E-state index is -0.779. The smallest absolute Gasteiger partial charge is 0.326 e. The molecule has 6 atom stereocenters. The highest BCUT2D eigenvalue weighted by Crippen LogP contribution is 2.60. The zero-order valence-corrected chi connectivity index (χ0v) is 21.6. The third kappa shape index (κ3) is 3.99. The number of fused-ring (bicyclic) bond motifs is 5. The molecule has 3 fully saturated rings. The number of aryl methyl sites for hydroxylation is 2. The quantitative estimate of drug-likeness (QED) is 0.310. The van der Waals surface area contributed by atoms with Gasteiger partial charge in [0, 0.05) is 19.8 Å². The van der Waals surface area contributed by atoms with E-state index in [-0.39, 0.29) is 45.1 Å². The van der Waals surface area contributed by atoms with E-state index in [0.29, 0.717) is 5.69 Å². The highest BCUT2D eigenvalue weighted by Gasteiger charge is 2.66. The topological polar surface area (TPSA) is 92.8 Å². The highest BCUT2D eigenvalue weighted by molar-refractivity contribution is 9.12. The van der Waals surface area contributed by atoms with Crippen LogP contribution in [0, 0.1) is 37.5 Å². The number of halogens is 3. The predicted octanol–water partition coefficient (Wildman–Crippen LogP) is 3.33. The molecule has 2 bridgehead atoms. The number of benzene rings is 1. The summed E-state index contributed by atoms with van der Waals surface area (Å²) in [6.07, 6.45) is 0.825. The summed E-state index contributed by atoms with van der Waals surface area (Å²) >= 11 is 10.7. The van der Waals surface area contributed by atoms with Crippen LogP contribution in [-0.4, -0.2) is 51.4 Å². The van der Waals surface area contributed by atoms with E-state index in [9.17, 15) is 19.2 Å². The lowest BCUT2D eigenvalue weighted by atomic mass is 9.81. The molecule has 2 saturated carbocycles. The number of nitrogens with zero attached hydrogens (tertiary/aromatic N) is 1. The van der Waals surface area contributed by atoms with Crippen molar-refractivity contribution in [3.63, 3.8) is 0 Å². The third-order valence-electron chi connectivity index (χ3n) is 6.51. The second kappa shape index (κ2) is 8.59. The van der Waals surface area contributed by atoms with E-state index in [1.807, 2.05) is 26.0 Å². The van der Waals surface area contributed by atoms with Gasteiger partial charge in [0.15, 0.2) is 6.61 Å². The van der Waals surface area contributed by atoms with Crippen LogP contribution in [0.25, 0.3) is 0 Å². The van der Waals surface area contributed by atoms with Crippen LogP contribution in [0.1, 0.15) is 17.5 Å². The van der Waals surface area contributed by atoms with Gasteiger partial charge in [0.1, 0.15) is 6.54 Å². The van der Waals surface area contributed by atoms with E-state index in [2.05, 4.69) is 53.1 Å². The summed E-state index contributed by atoms with van der Waals surface area (Å²) in [7, 11) is 0. The predicted molar refractivity (Wildman–Crippen MR) is 124 cm³/mol. The van der Waals surface area contributed by atoms with Crippen molar-refractivity contribution < 1.29 is 23.9 Å². The van der Waals surface area contributed by atoms with Crippen LogP contribution in [0.4, 0.5) is 5.69 Å². The van der Waals surface area contributed by atoms with E-state index in [1.54, 1.807) is 0 Å². The standard InChI is InChI=1S/C21H21Br3N2O5/c1-8-4-13(9(2)3-12(8)22)25-14(27)7-31-15(28)6-26-20(29)16-10-5-11(17(16)21(26)30)19(24)18(10)23/h3-4,10-11,16-19H,5-7H2,1-2H3,(H,25,27)/t10-,11-,16-,17-,18-,19+/m1/s1. The zero-order chi connectivity index (χ0) is 22.6. The largest absolute Gasteiger partial charge is 0.454 e. The van der Waals surface area contributed by atoms with Crippen LogP contribution in [0.15, 0.2) is 16.6 Å². The number of hydrogen-bond acceptors (Lipinski definition) is 5. The zero-order valence-electron chi connectivity index (χ0n) is 16.9. The van der Waals surface area contributed by atoms with Gasteiger partial charge in [0.05, 0.1) is 11.8 Å². The van der Waals surface area contributed by atoms with Crippen LogP contribution in [0.5, 0.6) is 0 Å². The van der Waals surface area contributed by atoms with Crippen LogP contribution in [0.2, 0.25) is 0 Å². The molecule has 0 unspecified atom stereocenters. The van der Waals surface area contributed by atoms with Crippen LogP contribution in [0.3, 0.4) is 0 Å². The molecule has 1 aromatic carbocycles. The number of imide groups is 1. The fourth-order valence-corrected chi connectivity index (χ4v) is 7.32. The van der Waals surface area contributed by atoms with Gasteiger partial charge in [-0.1, -0.05) is 47.8 Å². The molecular weight excluding hydrogens is 600 g/mol. The molecular formula is C21H21Br3N2O5. The summed E-state index contributed by atoms with van der Waals surface area (Å²) in [5, 5.41) is 2.71. The number of alkyl halides is 2. The van der Waals surface area contributed by atoms with Crippen LogP contribution < -0.4 is 5.32 Å². The summed E-state index contributed by atoms with van der Waals surface area (Å²) in [5.74, 6) is -2.48. The molecule has 3 aliphatic rings. The van der Waals surface area contributed by atoms with Crippen molar-refractivity contribution in [2.75, 3.05) is 18.5 Å². The maximum atomic E-state index is 12.8. The second-order valence-corrected chi connectivity index (χ2v) is 11.4. The van der Waals surface area contributed by atoms with Gasteiger partial charge in [-0.2, -0.15) is 0 Å². The molecule has 10 heteroatoms. The monoisotopic (exact) mass is 618 g/mol. The molecule has 1 aliphatic heterocycles. The first kappa shape index (κ1) is 22.9. The Morgan fingerprint density at radius 2 is 1.65 bits per heavy atom. The summed E-state index contributed by atoms with van der Waals surface area (Å²) in [6, 6.07) is 3.71. The van der Waals surface area contributed by atoms with Gasteiger partial charge in [-0.05, 0) is 55.4 Å². The van der Waals surface area contributed by atoms with E-state index in [0.717, 1.165) is 26.9 Å². The van der Waals surface area contributed by atoms with Gasteiger partial charge < -0.3 is 10.1 Å². The van der Waals surface area contributed by atoms with Crippen molar-refractivity contribution in [3.8, 4) is 0 Å². The van der Waals surface area contributed by atoms with Gasteiger partial charge in [-0.25, -0.2) is 0 Å². The molecule has 2 aliphatic carbocycles. The fourth-order valence-electron chi connectivity index (χ4n) is 4.99. The molecule has 7 nitrogen and oxygen atoms in total. The number of nitrogens with one attached hydrogen (secondary N) is 1. The van der Waals surface area contributed by atoms with Gasteiger partial charge in [0.2, 0.25) is 11.8 Å². The number of rotatable bonds is 5. The molecule has 1 aromatic rings. The number of likely N-dealkylation sites (tertiary alicyclic amines) is 1. The molecule has 0 aromatic heterocycles. The Morgan fingerprint density at radius 1 is 1.06 bits per heavy atom. The van der Waals surface area contributed by atoms with Gasteiger partial charge in [0.25, 0.3) is 5.91 Å². The lowest BCUT2D eigenvalue weighted by molar-refractivity contribution is -0.154. The van der Waals surface area contributed by atoms with E-state index < -0.39 is 25.0 Å². The van der Waals surface area contributed by atoms with Crippen molar-refractivity contribution in [1.29, 1.82) is 0 Å². The Balaban J connectivity index is 1.33. The molecule has 1 N–H and O–H groups in total. The summed E-state index contributed by atoms with van der Waals surface area (Å²) < 4.78 is 5.97. The molecule has 166 valence electrons. The van der Waals surface area contributed by atoms with Crippen LogP contribution in [-0.2, 0) is 23.9 Å². The Bertz CT molecular complexity index is 952. The lowest BCUT2D eigenvalue weighted by Crippen LogP contribution is -2.38. The van der Waals surface area contributed by atoms with E-state index >= 15 is 0 Å². The number of carbonyl (C=O) groups excluding carboxylic acids is 4. The van der Waals surface area contributed by atoms with E-state index in [1.165, 1.54) is 0 Å². The van der Waals surface area contributed by atoms with Crippen LogP contribution >= 0.6 is 47.8 Å². The van der Waals surface area contributed by atoms with Crippen molar-refractivity contribution in [1.82, 2.24) is 4.90 Å². The molecule has 1 saturated heterocycles. The Labute approximate surface area is 205 Å². The SMILES string of the molecule is Cc1cc(NC(=O)COC(=O)CN2C(=O)[C@@H]3[C@H]4C[C@@H]([C@@H](Br)[C@H]4Br)[C@H]3C2=O)c(C)cc1Br. The minimum absolute atomic E-state index is 0.0835. The molecule has 1 heterocycles. The van der Waals surface area contributed by atoms with E-state index in [4.69, 9.17) is 4.74 Å². The number of esters is 1. The first-order chi connectivity index (χ1) is 14.6. The van der Waals surface area contributed by atoms with Crippen molar-refractivity contribution in [2.45, 2.75) is 29.9 Å². The summed E-state index contributed by atoms with van der Waals surface area (Å²) in [6.45, 7) is 2.80. The molecule has 31 heavy (non-hydrogen) atoms. The average molecular weight is 621 g/mol. The number of carbonyl (C=O) groups is 4. The Hall–Kier alpha value is -1.26. The van der Waals surface area contributed by atoms with Crippen molar-refractivity contribution in [2.24, 2.45) is 23.7 Å². The maximum Gasteiger partial charge on any atom is 0.326 e. The molecule has 0 spiro atoms. The minimum Gasteiger partial charge on any atom is -0.454 e. The van der Waals surface area contributed by atoms with Gasteiger partial charge in [-0.15, -0.1) is 0 Å². The summed E-state index contributed by atoms with van der Waals surface area (Å²) in [5.41, 5.74) is 2.45. The fraction of sp³-hybridized carbons (Fsp3) is 0.524. The first-order valence-corrected chi connectivity index (χ1v) is 12.6. The number of ether oxygens (including phenoxy) is 1. The summed E-state index contributed by atoms with van der Waals surface area (Å²) in [4.78, 5) is 51.4. The molecule has 0 radical (unpaired) electrons. The second-order valence-electron chi connectivity index (χ2n) is 8.39. The Kier molecular flexibility index (Phi) is 6.35. The lowest BCUT2D eigenvalue weighted by Gasteiger charge is -2.28. The normalized spacial score (nSPS) is 31.2. The number of anilines is 1. The van der Waals surface area contributed by atoms with Gasteiger partial charge >= 0.3 is 5.97 Å². The van der Waals surface area contributed by atoms with Gasteiger partial charge in [-0.3, -0.25) is 24.1 Å². The van der Waals surface area contributed by atoms with Crippen molar-refractivity contribution >= 4 is 77.2 Å². The first-order valence-electron chi connectivity index (χ1n) is 9.95. The average Bonchev–Trinajstić information content (AvgIpc) is 3.31. The third-order valence-corrected chi connectivity index (χ3v) is 10.6. The number of amides is 3. The van der Waals surface area contributed by atoms with Crippen molar-refractivity contribution in [3.05, 3.63) is 27.7 Å².